The topological polar surface area (TPSA) is 92.2 Å². The highest BCUT2D eigenvalue weighted by atomic mass is 16.5. The summed E-state index contributed by atoms with van der Waals surface area (Å²) in [4.78, 5) is 21.6. The molecule has 1 aliphatic carbocycles. The van der Waals surface area contributed by atoms with E-state index in [1.807, 2.05) is 35.9 Å². The number of piperazine rings is 1. The number of anilines is 1. The van der Waals surface area contributed by atoms with Gasteiger partial charge in [-0.3, -0.25) is 9.69 Å². The van der Waals surface area contributed by atoms with Gasteiger partial charge in [0.15, 0.2) is 5.82 Å². The summed E-state index contributed by atoms with van der Waals surface area (Å²) in [7, 11) is 0. The Hall–Kier alpha value is -3.72. The third kappa shape index (κ3) is 5.03. The van der Waals surface area contributed by atoms with Crippen molar-refractivity contribution < 1.29 is 4.74 Å². The summed E-state index contributed by atoms with van der Waals surface area (Å²) in [5, 5.41) is 14.0. The molecule has 0 spiro atoms. The lowest BCUT2D eigenvalue weighted by molar-refractivity contribution is 0.196. The van der Waals surface area contributed by atoms with Crippen LogP contribution in [0.4, 0.5) is 5.69 Å². The quantitative estimate of drug-likeness (QED) is 0.377. The van der Waals surface area contributed by atoms with Gasteiger partial charge in [0.25, 0.3) is 5.56 Å². The van der Waals surface area contributed by atoms with E-state index < -0.39 is 0 Å². The van der Waals surface area contributed by atoms with Crippen LogP contribution in [0.1, 0.15) is 67.2 Å². The van der Waals surface area contributed by atoms with Gasteiger partial charge >= 0.3 is 0 Å². The Morgan fingerprint density at radius 1 is 1.03 bits per heavy atom. The molecule has 4 aromatic rings. The van der Waals surface area contributed by atoms with E-state index in [0.717, 1.165) is 61.5 Å². The average Bonchev–Trinajstić information content (AvgIpc) is 3.64. The van der Waals surface area contributed by atoms with Gasteiger partial charge in [0.1, 0.15) is 11.8 Å². The number of aryl methyl sites for hydroxylation is 2. The lowest BCUT2D eigenvalue weighted by Crippen LogP contribution is -2.49. The summed E-state index contributed by atoms with van der Waals surface area (Å²) in [6, 6.07) is 14.4. The molecule has 39 heavy (non-hydrogen) atoms. The number of rotatable bonds is 7. The Balaban J connectivity index is 1.39. The summed E-state index contributed by atoms with van der Waals surface area (Å²) in [6.07, 6.45) is 4.49. The Morgan fingerprint density at radius 3 is 2.59 bits per heavy atom. The Morgan fingerprint density at radius 2 is 1.82 bits per heavy atom. The van der Waals surface area contributed by atoms with E-state index in [1.165, 1.54) is 29.7 Å². The van der Waals surface area contributed by atoms with Crippen LogP contribution < -0.4 is 15.2 Å². The first-order chi connectivity index (χ1) is 19.0. The number of benzene rings is 2. The number of hydrogen-bond acceptors (Lipinski definition) is 7. The van der Waals surface area contributed by atoms with Crippen LogP contribution in [0.5, 0.6) is 5.75 Å². The molecule has 0 amide bonds. The number of aromatic amines is 1. The van der Waals surface area contributed by atoms with Crippen LogP contribution in [0, 0.1) is 13.8 Å². The van der Waals surface area contributed by atoms with E-state index in [0.29, 0.717) is 12.2 Å². The third-order valence-electron chi connectivity index (χ3n) is 8.27. The molecule has 1 unspecified atom stereocenters. The van der Waals surface area contributed by atoms with E-state index in [2.05, 4.69) is 62.4 Å². The third-order valence-corrected chi connectivity index (χ3v) is 8.27. The average molecular weight is 528 g/mol. The van der Waals surface area contributed by atoms with Crippen LogP contribution in [-0.2, 0) is 0 Å². The number of ether oxygens (including phenoxy) is 1. The molecule has 2 aromatic heterocycles. The fourth-order valence-corrected chi connectivity index (χ4v) is 6.23. The maximum atomic E-state index is 13.6. The molecule has 1 N–H and O–H groups in total. The van der Waals surface area contributed by atoms with Crippen LogP contribution in [0.25, 0.3) is 10.9 Å². The summed E-state index contributed by atoms with van der Waals surface area (Å²) in [5.41, 5.74) is 5.20. The molecule has 204 valence electrons. The van der Waals surface area contributed by atoms with Crippen molar-refractivity contribution in [2.45, 2.75) is 58.5 Å². The summed E-state index contributed by atoms with van der Waals surface area (Å²) in [6.45, 7) is 10.2. The van der Waals surface area contributed by atoms with Crippen LogP contribution in [-0.4, -0.2) is 62.9 Å². The summed E-state index contributed by atoms with van der Waals surface area (Å²) >= 11 is 0. The minimum absolute atomic E-state index is 0.102. The number of fused-ring (bicyclic) bond motifs is 1. The van der Waals surface area contributed by atoms with Gasteiger partial charge in [-0.1, -0.05) is 25.0 Å². The Labute approximate surface area is 228 Å². The molecule has 9 nitrogen and oxygen atoms in total. The molecule has 6 rings (SSSR count). The predicted molar refractivity (Wildman–Crippen MR) is 153 cm³/mol. The van der Waals surface area contributed by atoms with Gasteiger partial charge in [-0.2, -0.15) is 0 Å². The van der Waals surface area contributed by atoms with Gasteiger partial charge < -0.3 is 14.6 Å². The highest BCUT2D eigenvalue weighted by Gasteiger charge is 2.35. The minimum Gasteiger partial charge on any atom is -0.494 e. The van der Waals surface area contributed by atoms with Crippen molar-refractivity contribution in [3.05, 3.63) is 75.3 Å². The highest BCUT2D eigenvalue weighted by Crippen LogP contribution is 2.35. The van der Waals surface area contributed by atoms with Gasteiger partial charge in [0.2, 0.25) is 0 Å². The maximum Gasteiger partial charge on any atom is 0.253 e. The fourth-order valence-electron chi connectivity index (χ4n) is 6.23. The van der Waals surface area contributed by atoms with Crippen molar-refractivity contribution in [3.63, 3.8) is 0 Å². The van der Waals surface area contributed by atoms with Crippen molar-refractivity contribution >= 4 is 16.6 Å². The number of pyridine rings is 1. The SMILES string of the molecule is CCOc1ccc2[nH]c(=O)c(C(c3nnnn3C3CCCC3)N3CCN(c4cc(C)ccc4C)CC3)cc2c1. The monoisotopic (exact) mass is 527 g/mol. The molecule has 3 heterocycles. The second-order valence-corrected chi connectivity index (χ2v) is 10.9. The first kappa shape index (κ1) is 25.6. The first-order valence-corrected chi connectivity index (χ1v) is 14.2. The lowest BCUT2D eigenvalue weighted by atomic mass is 10.0. The fraction of sp³-hybridized carbons (Fsp3) is 0.467. The second kappa shape index (κ2) is 10.8. The normalized spacial score (nSPS) is 17.7. The highest BCUT2D eigenvalue weighted by molar-refractivity contribution is 5.80. The van der Waals surface area contributed by atoms with Gasteiger partial charge in [0.05, 0.1) is 12.6 Å². The van der Waals surface area contributed by atoms with E-state index in [1.54, 1.807) is 0 Å². The van der Waals surface area contributed by atoms with Crippen LogP contribution >= 0.6 is 0 Å². The van der Waals surface area contributed by atoms with Gasteiger partial charge in [-0.15, -0.1) is 5.10 Å². The van der Waals surface area contributed by atoms with Crippen molar-refractivity contribution in [3.8, 4) is 5.75 Å². The molecule has 9 heteroatoms. The molecule has 1 aliphatic heterocycles. The first-order valence-electron chi connectivity index (χ1n) is 14.2. The Kier molecular flexibility index (Phi) is 7.08. The lowest BCUT2D eigenvalue weighted by Gasteiger charge is -2.40. The number of H-pyrrole nitrogens is 1. The van der Waals surface area contributed by atoms with E-state index in [9.17, 15) is 4.79 Å². The number of nitrogens with one attached hydrogen (secondary N) is 1. The zero-order valence-corrected chi connectivity index (χ0v) is 23.1. The number of nitrogens with zero attached hydrogens (tertiary/aromatic N) is 6. The number of hydrogen-bond donors (Lipinski definition) is 1. The molecule has 1 saturated carbocycles. The molecule has 0 radical (unpaired) electrons. The summed E-state index contributed by atoms with van der Waals surface area (Å²) < 4.78 is 7.74. The van der Waals surface area contributed by atoms with E-state index in [4.69, 9.17) is 4.74 Å². The zero-order valence-electron chi connectivity index (χ0n) is 23.1. The minimum atomic E-state index is -0.342. The van der Waals surface area contributed by atoms with Crippen molar-refractivity contribution in [1.82, 2.24) is 30.1 Å². The van der Waals surface area contributed by atoms with Crippen LogP contribution in [0.15, 0.2) is 47.3 Å². The maximum absolute atomic E-state index is 13.6. The molecule has 2 aromatic carbocycles. The standard InChI is InChI=1S/C30H37N7O2/c1-4-39-24-11-12-26-22(18-24)19-25(30(38)31-26)28(29-32-33-34-37(29)23-7-5-6-8-23)36-15-13-35(14-16-36)27-17-20(2)9-10-21(27)3/h9-12,17-19,23,28H,4-8,13-16H2,1-3H3,(H,31,38). The number of tetrazole rings is 1. The molecule has 1 saturated heterocycles. The van der Waals surface area contributed by atoms with E-state index in [-0.39, 0.29) is 17.6 Å². The largest absolute Gasteiger partial charge is 0.494 e. The second-order valence-electron chi connectivity index (χ2n) is 10.9. The summed E-state index contributed by atoms with van der Waals surface area (Å²) in [5.74, 6) is 1.55. The molecule has 2 fully saturated rings. The zero-order chi connectivity index (χ0) is 26.9. The molecule has 0 bridgehead atoms. The van der Waals surface area contributed by atoms with Gasteiger partial charge in [-0.05, 0) is 85.5 Å². The van der Waals surface area contributed by atoms with Gasteiger partial charge in [-0.25, -0.2) is 4.68 Å². The smallest absolute Gasteiger partial charge is 0.253 e. The van der Waals surface area contributed by atoms with Crippen molar-refractivity contribution in [2.75, 3.05) is 37.7 Å². The van der Waals surface area contributed by atoms with Crippen molar-refractivity contribution in [1.29, 1.82) is 0 Å². The molecular formula is C30H37N7O2. The Bertz CT molecular complexity index is 1510. The van der Waals surface area contributed by atoms with E-state index >= 15 is 0 Å². The predicted octanol–water partition coefficient (Wildman–Crippen LogP) is 4.56. The van der Waals surface area contributed by atoms with Crippen molar-refractivity contribution in [2.24, 2.45) is 0 Å². The van der Waals surface area contributed by atoms with Crippen LogP contribution in [0.2, 0.25) is 0 Å². The van der Waals surface area contributed by atoms with Crippen LogP contribution in [0.3, 0.4) is 0 Å². The molecule has 2 aliphatic rings. The molecular weight excluding hydrogens is 490 g/mol. The number of aromatic nitrogens is 5. The van der Waals surface area contributed by atoms with Gasteiger partial charge in [0, 0.05) is 48.3 Å². The molecule has 1 atom stereocenters.